The van der Waals surface area contributed by atoms with E-state index in [2.05, 4.69) is 9.88 Å². The van der Waals surface area contributed by atoms with E-state index < -0.39 is 0 Å². The van der Waals surface area contributed by atoms with Crippen LogP contribution in [0.4, 0.5) is 4.39 Å². The number of aliphatic hydroxyl groups excluding tert-OH is 1. The maximum atomic E-state index is 13.7. The highest BCUT2D eigenvalue weighted by atomic mass is 19.1. The van der Waals surface area contributed by atoms with Crippen LogP contribution in [0.3, 0.4) is 0 Å². The minimum atomic E-state index is -0.310. The van der Waals surface area contributed by atoms with Crippen molar-refractivity contribution in [3.63, 3.8) is 0 Å². The maximum absolute atomic E-state index is 13.7. The van der Waals surface area contributed by atoms with E-state index in [-0.39, 0.29) is 11.9 Å². The van der Waals surface area contributed by atoms with Gasteiger partial charge in [-0.05, 0) is 37.9 Å². The predicted molar refractivity (Wildman–Crippen MR) is 77.0 cm³/mol. The van der Waals surface area contributed by atoms with Crippen molar-refractivity contribution in [1.82, 2.24) is 9.88 Å². The zero-order valence-electron chi connectivity index (χ0n) is 12.0. The molecule has 1 saturated heterocycles. The molecule has 1 fully saturated rings. The lowest BCUT2D eigenvalue weighted by atomic mass is 10.0. The van der Waals surface area contributed by atoms with Crippen LogP contribution in [0.2, 0.25) is 0 Å². The molecule has 1 N–H and O–H groups in total. The van der Waals surface area contributed by atoms with Crippen LogP contribution in [0.1, 0.15) is 19.2 Å². The van der Waals surface area contributed by atoms with Crippen LogP contribution >= 0.6 is 0 Å². The van der Waals surface area contributed by atoms with Gasteiger partial charge in [0.25, 0.3) is 0 Å². The molecule has 0 spiro atoms. The molecule has 2 unspecified atom stereocenters. The number of hydrogen-bond donors (Lipinski definition) is 1. The molecule has 5 heteroatoms. The van der Waals surface area contributed by atoms with Crippen LogP contribution in [0.25, 0.3) is 11.3 Å². The fourth-order valence-electron chi connectivity index (χ4n) is 2.76. The molecule has 1 aromatic heterocycles. The Hall–Kier alpha value is -1.72. The van der Waals surface area contributed by atoms with Crippen LogP contribution in [0.15, 0.2) is 34.9 Å². The van der Waals surface area contributed by atoms with E-state index >= 15 is 0 Å². The second-order valence-electron chi connectivity index (χ2n) is 5.62. The SMILES string of the molecule is CC(O)C1CCN(Cc2ncc(-c3ccccc3F)o2)C1. The monoisotopic (exact) mass is 290 g/mol. The summed E-state index contributed by atoms with van der Waals surface area (Å²) in [5, 5.41) is 9.61. The molecule has 0 amide bonds. The first-order valence-electron chi connectivity index (χ1n) is 7.23. The van der Waals surface area contributed by atoms with Crippen molar-refractivity contribution >= 4 is 0 Å². The first kappa shape index (κ1) is 14.2. The van der Waals surface area contributed by atoms with Crippen molar-refractivity contribution in [2.75, 3.05) is 13.1 Å². The Morgan fingerprint density at radius 2 is 2.29 bits per heavy atom. The third-order valence-electron chi connectivity index (χ3n) is 4.04. The molecule has 0 aliphatic carbocycles. The lowest BCUT2D eigenvalue weighted by Gasteiger charge is -2.15. The van der Waals surface area contributed by atoms with Gasteiger partial charge in [0.15, 0.2) is 5.76 Å². The van der Waals surface area contributed by atoms with Gasteiger partial charge in [-0.3, -0.25) is 4.90 Å². The molecule has 4 nitrogen and oxygen atoms in total. The number of nitrogens with zero attached hydrogens (tertiary/aromatic N) is 2. The van der Waals surface area contributed by atoms with Crippen molar-refractivity contribution in [2.24, 2.45) is 5.92 Å². The normalized spacial score (nSPS) is 20.8. The summed E-state index contributed by atoms with van der Waals surface area (Å²) < 4.78 is 19.4. The summed E-state index contributed by atoms with van der Waals surface area (Å²) in [6.45, 7) is 4.19. The molecular formula is C16H19FN2O2. The van der Waals surface area contributed by atoms with Gasteiger partial charge in [0.2, 0.25) is 5.89 Å². The van der Waals surface area contributed by atoms with E-state index in [1.54, 1.807) is 24.4 Å². The van der Waals surface area contributed by atoms with Crippen molar-refractivity contribution < 1.29 is 13.9 Å². The van der Waals surface area contributed by atoms with Gasteiger partial charge in [-0.15, -0.1) is 0 Å². The van der Waals surface area contributed by atoms with E-state index in [1.807, 2.05) is 6.92 Å². The van der Waals surface area contributed by atoms with E-state index in [1.165, 1.54) is 6.07 Å². The molecule has 0 radical (unpaired) electrons. The van der Waals surface area contributed by atoms with Gasteiger partial charge >= 0.3 is 0 Å². The highest BCUT2D eigenvalue weighted by Crippen LogP contribution is 2.25. The molecule has 1 aliphatic rings. The van der Waals surface area contributed by atoms with Crippen LogP contribution in [0.5, 0.6) is 0 Å². The summed E-state index contributed by atoms with van der Waals surface area (Å²) in [6, 6.07) is 6.51. The highest BCUT2D eigenvalue weighted by Gasteiger charge is 2.26. The zero-order valence-corrected chi connectivity index (χ0v) is 12.0. The lowest BCUT2D eigenvalue weighted by Crippen LogP contribution is -2.24. The van der Waals surface area contributed by atoms with Crippen molar-refractivity contribution in [3.05, 3.63) is 42.2 Å². The molecule has 1 aromatic carbocycles. The van der Waals surface area contributed by atoms with E-state index in [0.717, 1.165) is 19.5 Å². The number of halogens is 1. The summed E-state index contributed by atoms with van der Waals surface area (Å²) in [5.41, 5.74) is 0.430. The summed E-state index contributed by atoms with van der Waals surface area (Å²) in [6.07, 6.45) is 2.27. The minimum absolute atomic E-state index is 0.284. The predicted octanol–water partition coefficient (Wildman–Crippen LogP) is 2.68. The molecule has 0 saturated carbocycles. The Kier molecular flexibility index (Phi) is 4.03. The second-order valence-corrected chi connectivity index (χ2v) is 5.62. The largest absolute Gasteiger partial charge is 0.439 e. The molecule has 2 aromatic rings. The van der Waals surface area contributed by atoms with Gasteiger partial charge in [0, 0.05) is 6.54 Å². The third-order valence-corrected chi connectivity index (χ3v) is 4.04. The zero-order chi connectivity index (χ0) is 14.8. The van der Waals surface area contributed by atoms with Crippen LogP contribution in [-0.4, -0.2) is 34.2 Å². The van der Waals surface area contributed by atoms with Crippen LogP contribution in [-0.2, 0) is 6.54 Å². The van der Waals surface area contributed by atoms with Gasteiger partial charge in [-0.25, -0.2) is 9.37 Å². The number of likely N-dealkylation sites (tertiary alicyclic amines) is 1. The van der Waals surface area contributed by atoms with Crippen molar-refractivity contribution in [1.29, 1.82) is 0 Å². The van der Waals surface area contributed by atoms with E-state index in [4.69, 9.17) is 4.42 Å². The number of aromatic nitrogens is 1. The number of oxazole rings is 1. The topological polar surface area (TPSA) is 49.5 Å². The Balaban J connectivity index is 1.68. The second kappa shape index (κ2) is 5.95. The summed E-state index contributed by atoms with van der Waals surface area (Å²) >= 11 is 0. The molecular weight excluding hydrogens is 271 g/mol. The molecule has 0 bridgehead atoms. The smallest absolute Gasteiger partial charge is 0.209 e. The maximum Gasteiger partial charge on any atom is 0.209 e. The van der Waals surface area contributed by atoms with Crippen LogP contribution in [0, 0.1) is 11.7 Å². The standard InChI is InChI=1S/C16H19FN2O2/c1-11(20)12-6-7-19(9-12)10-16-18-8-15(21-16)13-4-2-3-5-14(13)17/h2-5,8,11-12,20H,6-7,9-10H2,1H3. The summed E-state index contributed by atoms with van der Waals surface area (Å²) in [5.74, 6) is 1.04. The van der Waals surface area contributed by atoms with Crippen molar-refractivity contribution in [3.8, 4) is 11.3 Å². The Bertz CT molecular complexity index is 612. The molecule has 112 valence electrons. The fraction of sp³-hybridized carbons (Fsp3) is 0.438. The molecule has 3 rings (SSSR count). The molecule has 21 heavy (non-hydrogen) atoms. The number of aliphatic hydroxyl groups is 1. The lowest BCUT2D eigenvalue weighted by molar-refractivity contribution is 0.126. The third kappa shape index (κ3) is 3.14. The number of hydrogen-bond acceptors (Lipinski definition) is 4. The van der Waals surface area contributed by atoms with Gasteiger partial charge in [0.05, 0.1) is 24.4 Å². The van der Waals surface area contributed by atoms with Crippen molar-refractivity contribution in [2.45, 2.75) is 26.0 Å². The fourth-order valence-corrected chi connectivity index (χ4v) is 2.76. The van der Waals surface area contributed by atoms with E-state index in [9.17, 15) is 9.50 Å². The average Bonchev–Trinajstić information content (AvgIpc) is 3.09. The van der Waals surface area contributed by atoms with Gasteiger partial charge < -0.3 is 9.52 Å². The number of benzene rings is 1. The molecule has 2 heterocycles. The number of rotatable bonds is 4. The quantitative estimate of drug-likeness (QED) is 0.940. The van der Waals surface area contributed by atoms with Gasteiger partial charge in [-0.2, -0.15) is 0 Å². The Morgan fingerprint density at radius 1 is 1.48 bits per heavy atom. The first-order valence-corrected chi connectivity index (χ1v) is 7.23. The van der Waals surface area contributed by atoms with Gasteiger partial charge in [-0.1, -0.05) is 12.1 Å². The van der Waals surface area contributed by atoms with E-state index in [0.29, 0.717) is 29.7 Å². The molecule has 2 atom stereocenters. The van der Waals surface area contributed by atoms with Crippen LogP contribution < -0.4 is 0 Å². The Morgan fingerprint density at radius 3 is 3.00 bits per heavy atom. The summed E-state index contributed by atoms with van der Waals surface area (Å²) in [7, 11) is 0. The average molecular weight is 290 g/mol. The Labute approximate surface area is 123 Å². The minimum Gasteiger partial charge on any atom is -0.439 e. The first-order chi connectivity index (χ1) is 10.1. The van der Waals surface area contributed by atoms with Gasteiger partial charge in [0.1, 0.15) is 5.82 Å². The summed E-state index contributed by atoms with van der Waals surface area (Å²) in [4.78, 5) is 6.43. The molecule has 1 aliphatic heterocycles. The highest BCUT2D eigenvalue weighted by molar-refractivity contribution is 5.56.